The molecule has 4 nitrogen and oxygen atoms in total. The van der Waals surface area contributed by atoms with E-state index in [2.05, 4.69) is 19.2 Å². The van der Waals surface area contributed by atoms with Gasteiger partial charge < -0.3 is 10.1 Å². The van der Waals surface area contributed by atoms with Crippen LogP contribution in [0.15, 0.2) is 24.3 Å². The molecule has 1 saturated heterocycles. The molecule has 0 saturated carbocycles. The number of rotatable bonds is 5. The normalized spacial score (nSPS) is 22.0. The highest BCUT2D eigenvalue weighted by molar-refractivity contribution is 5.82. The second-order valence-electron chi connectivity index (χ2n) is 7.44. The van der Waals surface area contributed by atoms with E-state index in [0.717, 1.165) is 18.7 Å². The van der Waals surface area contributed by atoms with Crippen molar-refractivity contribution in [2.45, 2.75) is 38.5 Å². The molecule has 0 aromatic heterocycles. The number of hydrogen-bond donors (Lipinski definition) is 1. The summed E-state index contributed by atoms with van der Waals surface area (Å²) < 4.78 is 43.9. The maximum atomic E-state index is 12.9. The minimum atomic E-state index is -4.42. The third-order valence-electron chi connectivity index (χ3n) is 4.52. The van der Waals surface area contributed by atoms with Gasteiger partial charge in [-0.3, -0.25) is 9.69 Å². The lowest BCUT2D eigenvalue weighted by Crippen LogP contribution is -2.43. The van der Waals surface area contributed by atoms with Crippen molar-refractivity contribution in [1.82, 2.24) is 10.2 Å². The number of amides is 1. The zero-order chi connectivity index (χ0) is 18.8. The smallest absolute Gasteiger partial charge is 0.382 e. The van der Waals surface area contributed by atoms with Crippen molar-refractivity contribution in [1.29, 1.82) is 0 Å². The molecular weight excluding hydrogens is 333 g/mol. The molecule has 1 aliphatic heterocycles. The fourth-order valence-electron chi connectivity index (χ4n) is 3.41. The Hall–Kier alpha value is -1.60. The van der Waals surface area contributed by atoms with Crippen LogP contribution in [0.5, 0.6) is 0 Å². The number of nitrogens with zero attached hydrogens (tertiary/aromatic N) is 1. The highest BCUT2D eigenvalue weighted by Crippen LogP contribution is 2.34. The second-order valence-corrected chi connectivity index (χ2v) is 7.44. The first-order valence-electron chi connectivity index (χ1n) is 8.20. The van der Waals surface area contributed by atoms with Gasteiger partial charge in [-0.25, -0.2) is 0 Å². The van der Waals surface area contributed by atoms with E-state index in [9.17, 15) is 18.0 Å². The fourth-order valence-corrected chi connectivity index (χ4v) is 3.41. The van der Waals surface area contributed by atoms with Crippen LogP contribution in [0.4, 0.5) is 13.2 Å². The van der Waals surface area contributed by atoms with Gasteiger partial charge in [-0.2, -0.15) is 13.2 Å². The average molecular weight is 358 g/mol. The summed E-state index contributed by atoms with van der Waals surface area (Å²) in [5, 5.41) is 2.85. The zero-order valence-corrected chi connectivity index (χ0v) is 15.0. The molecule has 2 unspecified atom stereocenters. The van der Waals surface area contributed by atoms with E-state index >= 15 is 0 Å². The molecule has 7 heteroatoms. The number of carbonyl (C=O) groups is 1. The van der Waals surface area contributed by atoms with Crippen LogP contribution in [-0.4, -0.2) is 44.2 Å². The SMILES string of the molecule is COCC(NC(=O)C1CC(C)(C)CN1C)c1cccc(C(F)(F)F)c1. The Bertz CT molecular complexity index is 617. The molecule has 140 valence electrons. The molecule has 1 heterocycles. The van der Waals surface area contributed by atoms with Crippen LogP contribution >= 0.6 is 0 Å². The van der Waals surface area contributed by atoms with Gasteiger partial charge in [0.15, 0.2) is 0 Å². The third-order valence-corrected chi connectivity index (χ3v) is 4.52. The van der Waals surface area contributed by atoms with Gasteiger partial charge in [0, 0.05) is 13.7 Å². The molecule has 1 aliphatic rings. The Morgan fingerprint density at radius 2 is 2.12 bits per heavy atom. The van der Waals surface area contributed by atoms with Gasteiger partial charge in [-0.1, -0.05) is 26.0 Å². The van der Waals surface area contributed by atoms with Crippen LogP contribution in [-0.2, 0) is 15.7 Å². The molecular formula is C18H25F3N2O2. The maximum Gasteiger partial charge on any atom is 0.416 e. The molecule has 1 N–H and O–H groups in total. The summed E-state index contributed by atoms with van der Waals surface area (Å²) in [5.41, 5.74) is -0.326. The number of nitrogens with one attached hydrogen (secondary N) is 1. The van der Waals surface area contributed by atoms with Gasteiger partial charge >= 0.3 is 6.18 Å². The van der Waals surface area contributed by atoms with Crippen LogP contribution in [0.25, 0.3) is 0 Å². The molecule has 25 heavy (non-hydrogen) atoms. The van der Waals surface area contributed by atoms with Crippen molar-refractivity contribution < 1.29 is 22.7 Å². The van der Waals surface area contributed by atoms with E-state index in [1.807, 2.05) is 11.9 Å². The number of hydrogen-bond acceptors (Lipinski definition) is 3. The van der Waals surface area contributed by atoms with Gasteiger partial charge in [0.2, 0.25) is 5.91 Å². The van der Waals surface area contributed by atoms with Crippen molar-refractivity contribution in [2.24, 2.45) is 5.41 Å². The first kappa shape index (κ1) is 19.7. The van der Waals surface area contributed by atoms with E-state index < -0.39 is 17.8 Å². The number of ether oxygens (including phenoxy) is 1. The molecule has 0 aliphatic carbocycles. The largest absolute Gasteiger partial charge is 0.416 e. The molecule has 1 aromatic carbocycles. The lowest BCUT2D eigenvalue weighted by Gasteiger charge is -2.24. The van der Waals surface area contributed by atoms with E-state index in [-0.39, 0.29) is 24.0 Å². The quantitative estimate of drug-likeness (QED) is 0.879. The molecule has 1 aromatic rings. The Kier molecular flexibility index (Phi) is 5.79. The number of likely N-dealkylation sites (tertiary alicyclic amines) is 1. The fraction of sp³-hybridized carbons (Fsp3) is 0.611. The van der Waals surface area contributed by atoms with E-state index in [0.29, 0.717) is 12.0 Å². The average Bonchev–Trinajstić information content (AvgIpc) is 2.79. The van der Waals surface area contributed by atoms with E-state index in [4.69, 9.17) is 4.74 Å². The molecule has 1 amide bonds. The number of halogens is 3. The minimum Gasteiger partial charge on any atom is -0.382 e. The lowest BCUT2D eigenvalue weighted by molar-refractivity contribution is -0.137. The summed E-state index contributed by atoms with van der Waals surface area (Å²) in [6, 6.07) is 4.07. The Labute approximate surface area is 146 Å². The molecule has 2 rings (SSSR count). The van der Waals surface area contributed by atoms with Crippen LogP contribution in [0, 0.1) is 5.41 Å². The van der Waals surface area contributed by atoms with E-state index in [1.54, 1.807) is 6.07 Å². The highest BCUT2D eigenvalue weighted by Gasteiger charge is 2.40. The predicted molar refractivity (Wildman–Crippen MR) is 89.0 cm³/mol. The number of benzene rings is 1. The number of methoxy groups -OCH3 is 1. The summed E-state index contributed by atoms with van der Waals surface area (Å²) in [6.07, 6.45) is -3.72. The summed E-state index contributed by atoms with van der Waals surface area (Å²) in [7, 11) is 3.34. The van der Waals surface area contributed by atoms with Gasteiger partial charge in [0.25, 0.3) is 0 Å². The van der Waals surface area contributed by atoms with Crippen LogP contribution in [0.1, 0.15) is 37.4 Å². The lowest BCUT2D eigenvalue weighted by atomic mass is 9.90. The highest BCUT2D eigenvalue weighted by atomic mass is 19.4. The first-order chi connectivity index (χ1) is 11.5. The summed E-state index contributed by atoms with van der Waals surface area (Å²) in [6.45, 7) is 5.09. The monoisotopic (exact) mass is 358 g/mol. The second kappa shape index (κ2) is 7.33. The van der Waals surface area contributed by atoms with Crippen LogP contribution < -0.4 is 5.32 Å². The summed E-state index contributed by atoms with van der Waals surface area (Å²) in [4.78, 5) is 14.6. The summed E-state index contributed by atoms with van der Waals surface area (Å²) >= 11 is 0. The van der Waals surface area contributed by atoms with Gasteiger partial charge in [0.1, 0.15) is 0 Å². The molecule has 0 spiro atoms. The topological polar surface area (TPSA) is 41.6 Å². The minimum absolute atomic E-state index is 0.0315. The molecule has 2 atom stereocenters. The van der Waals surface area contributed by atoms with E-state index in [1.165, 1.54) is 13.2 Å². The Morgan fingerprint density at radius 1 is 1.44 bits per heavy atom. The Balaban J connectivity index is 2.17. The predicted octanol–water partition coefficient (Wildman–Crippen LogP) is 3.24. The van der Waals surface area contributed by atoms with Crippen molar-refractivity contribution in [2.75, 3.05) is 27.3 Å². The Morgan fingerprint density at radius 3 is 2.64 bits per heavy atom. The van der Waals surface area contributed by atoms with Crippen molar-refractivity contribution in [3.63, 3.8) is 0 Å². The van der Waals surface area contributed by atoms with Crippen LogP contribution in [0.2, 0.25) is 0 Å². The number of carbonyl (C=O) groups excluding carboxylic acids is 1. The maximum absolute atomic E-state index is 12.9. The first-order valence-corrected chi connectivity index (χ1v) is 8.20. The van der Waals surface area contributed by atoms with Crippen molar-refractivity contribution in [3.05, 3.63) is 35.4 Å². The van der Waals surface area contributed by atoms with Crippen LogP contribution in [0.3, 0.4) is 0 Å². The number of alkyl halides is 3. The summed E-state index contributed by atoms with van der Waals surface area (Å²) in [5.74, 6) is -0.187. The molecule has 0 bridgehead atoms. The number of likely N-dealkylation sites (N-methyl/N-ethyl adjacent to an activating group) is 1. The van der Waals surface area contributed by atoms with Gasteiger partial charge in [-0.05, 0) is 36.6 Å². The van der Waals surface area contributed by atoms with Gasteiger partial charge in [-0.15, -0.1) is 0 Å². The molecule has 0 radical (unpaired) electrons. The zero-order valence-electron chi connectivity index (χ0n) is 15.0. The standard InChI is InChI=1S/C18H25F3N2O2/c1-17(2)9-15(23(3)11-17)16(24)22-14(10-25-4)12-6-5-7-13(8-12)18(19,20)21/h5-8,14-15H,9-11H2,1-4H3,(H,22,24). The third kappa shape index (κ3) is 4.95. The van der Waals surface area contributed by atoms with Crippen molar-refractivity contribution in [3.8, 4) is 0 Å². The van der Waals surface area contributed by atoms with Gasteiger partial charge in [0.05, 0.1) is 24.3 Å². The molecule has 1 fully saturated rings. The van der Waals surface area contributed by atoms with Crippen molar-refractivity contribution >= 4 is 5.91 Å².